The molecule has 1 amide bonds. The third kappa shape index (κ3) is 47.6. The molecule has 0 heterocycles. The van der Waals surface area contributed by atoms with Crippen molar-refractivity contribution in [3.63, 3.8) is 0 Å². The Labute approximate surface area is 116 Å². The summed E-state index contributed by atoms with van der Waals surface area (Å²) < 4.78 is 33.0. The highest BCUT2D eigenvalue weighted by molar-refractivity contribution is 5.79. The molecule has 0 aliphatic heterocycles. The number of aliphatic hydroxyl groups excluding tert-OH is 1. The van der Waals surface area contributed by atoms with Gasteiger partial charge in [0.15, 0.2) is 5.96 Å². The van der Waals surface area contributed by atoms with Crippen LogP contribution in [-0.2, 0) is 4.79 Å². The van der Waals surface area contributed by atoms with Crippen LogP contribution in [0.5, 0.6) is 0 Å². The maximum absolute atomic E-state index is 10.7. The van der Waals surface area contributed by atoms with Crippen molar-refractivity contribution in [1.82, 2.24) is 0 Å². The third-order valence-electron chi connectivity index (χ3n) is 1.05. The second-order valence-electron chi connectivity index (χ2n) is 4.05. The summed E-state index contributed by atoms with van der Waals surface area (Å²) in [5.41, 5.74) is 12.8. The number of aliphatic hydroxyl groups is 1. The van der Waals surface area contributed by atoms with Crippen molar-refractivity contribution in [3.8, 4) is 0 Å². The van der Waals surface area contributed by atoms with Crippen LogP contribution in [0.4, 0.5) is 13.2 Å². The highest BCUT2D eigenvalue weighted by Crippen LogP contribution is 2.11. The molecule has 0 aromatic heterocycles. The van der Waals surface area contributed by atoms with Gasteiger partial charge in [0.1, 0.15) is 6.54 Å². The van der Waals surface area contributed by atoms with Crippen molar-refractivity contribution in [1.29, 1.82) is 5.41 Å². The number of carbonyl (C=O) groups is 1. The lowest BCUT2D eigenvalue weighted by atomic mass is 10.5. The minimum absolute atomic E-state index is 0. The van der Waals surface area contributed by atoms with E-state index < -0.39 is 12.1 Å². The quantitative estimate of drug-likeness (QED) is 0.199. The number of halogens is 4. The number of carbonyl (C=O) groups excluding carboxylic acids is 1. The molecule has 0 aliphatic rings. The molecule has 0 aliphatic carbocycles. The highest BCUT2D eigenvalue weighted by Gasteiger charge is 2.35. The lowest BCUT2D eigenvalue weighted by Gasteiger charge is -2.21. The van der Waals surface area contributed by atoms with Crippen molar-refractivity contribution < 1.29 is 40.0 Å². The molecule has 0 radical (unpaired) electrons. The van der Waals surface area contributed by atoms with Crippen molar-refractivity contribution in [3.05, 3.63) is 0 Å². The fourth-order valence-corrected chi connectivity index (χ4v) is 0.300. The van der Waals surface area contributed by atoms with Crippen LogP contribution in [0.2, 0.25) is 0 Å². The Morgan fingerprint density at radius 3 is 1.42 bits per heavy atom. The van der Waals surface area contributed by atoms with Crippen LogP contribution in [0.3, 0.4) is 0 Å². The van der Waals surface area contributed by atoms with Gasteiger partial charge in [0, 0.05) is 0 Å². The van der Waals surface area contributed by atoms with Gasteiger partial charge in [-0.1, -0.05) is 0 Å². The number of quaternary nitrogens is 1. The number of nitrogens with one attached hydrogen (secondary N) is 1. The molecule has 0 atom stereocenters. The van der Waals surface area contributed by atoms with Crippen molar-refractivity contribution in [2.45, 2.75) is 6.18 Å². The van der Waals surface area contributed by atoms with E-state index in [9.17, 15) is 13.2 Å². The summed E-state index contributed by atoms with van der Waals surface area (Å²) in [4.78, 5) is 9.12. The first-order valence-corrected chi connectivity index (χ1v) is 4.61. The Morgan fingerprint density at radius 2 is 1.42 bits per heavy atom. The fraction of sp³-hybridized carbons (Fsp3) is 0.750. The van der Waals surface area contributed by atoms with E-state index in [0.717, 1.165) is 11.0 Å². The minimum atomic E-state index is -4.86. The molecule has 0 spiro atoms. The van der Waals surface area contributed by atoms with Crippen molar-refractivity contribution >= 4 is 11.9 Å². The zero-order chi connectivity index (χ0) is 15.6. The van der Waals surface area contributed by atoms with Gasteiger partial charge in [-0.25, -0.2) is 0 Å². The Bertz CT molecular complexity index is 252. The van der Waals surface area contributed by atoms with Gasteiger partial charge in [-0.05, 0) is 0 Å². The Hall–Kier alpha value is -1.26. The molecule has 11 heteroatoms. The summed E-state index contributed by atoms with van der Waals surface area (Å²) in [6.07, 6.45) is -4.86. The van der Waals surface area contributed by atoms with Gasteiger partial charge >= 0.3 is 12.1 Å². The summed E-state index contributed by atoms with van der Waals surface area (Å²) in [5, 5.41) is 14.4. The van der Waals surface area contributed by atoms with E-state index >= 15 is 0 Å². The van der Waals surface area contributed by atoms with Crippen LogP contribution < -0.4 is 29.6 Å². The Balaban J connectivity index is -0.0000000900. The maximum Gasteiger partial charge on any atom is 0.470 e. The van der Waals surface area contributed by atoms with Crippen LogP contribution in [0, 0.1) is 5.41 Å². The molecule has 7 nitrogen and oxygen atoms in total. The number of amides is 1. The van der Waals surface area contributed by atoms with Crippen LogP contribution >= 0.6 is 0 Å². The van der Waals surface area contributed by atoms with E-state index in [0.29, 0.717) is 0 Å². The summed E-state index contributed by atoms with van der Waals surface area (Å²) in [5.74, 6) is -2.59. The molecule has 0 saturated carbocycles. The fourth-order valence-electron chi connectivity index (χ4n) is 0.300. The van der Waals surface area contributed by atoms with Gasteiger partial charge in [0.05, 0.1) is 27.7 Å². The normalized spacial score (nSPS) is 9.84. The molecule has 0 saturated heterocycles. The Morgan fingerprint density at radius 1 is 1.21 bits per heavy atom. The third-order valence-corrected chi connectivity index (χ3v) is 1.05. The zero-order valence-electron chi connectivity index (χ0n) is 11.0. The molecule has 0 aromatic rings. The second kappa shape index (κ2) is 11.8. The van der Waals surface area contributed by atoms with Gasteiger partial charge in [-0.3, -0.25) is 10.2 Å². The predicted molar refractivity (Wildman–Crippen MR) is 61.3 cm³/mol. The summed E-state index contributed by atoms with van der Waals surface area (Å²) in [7, 11) is 6.16. The lowest BCUT2D eigenvalue weighted by Crippen LogP contribution is -3.00. The standard InChI is InChI=1S/C5H14NO.C2H2F3NO.CH5N3.ClH/c1-6(2,3)4-5-7;3-2(4,5)1(6)7;2-1(3)4;/h7H,4-5H2,1-3H3;(H2,6,7);(H5,2,3,4);1H/q+1;;;/p-1. The SMILES string of the molecule is C[N+](C)(C)CCO.N=C(N)N.NC(=O)C(F)(F)F.[Cl-]. The topological polar surface area (TPSA) is 139 Å². The predicted octanol–water partition coefficient (Wildman–Crippen LogP) is -4.44. The van der Waals surface area contributed by atoms with Gasteiger partial charge < -0.3 is 39.2 Å². The zero-order valence-corrected chi connectivity index (χ0v) is 11.7. The molecule has 8 N–H and O–H groups in total. The molecular weight excluding hydrogens is 291 g/mol. The van der Waals surface area contributed by atoms with Crippen molar-refractivity contribution in [2.75, 3.05) is 34.3 Å². The number of likely N-dealkylation sites (N-methyl/N-ethyl adjacent to an activating group) is 1. The van der Waals surface area contributed by atoms with Crippen molar-refractivity contribution in [2.24, 2.45) is 17.2 Å². The number of nitrogens with zero attached hydrogens (tertiary/aromatic N) is 1. The highest BCUT2D eigenvalue weighted by atomic mass is 35.5. The van der Waals surface area contributed by atoms with Crippen LogP contribution in [0.1, 0.15) is 0 Å². The number of hydrogen-bond donors (Lipinski definition) is 5. The molecule has 118 valence electrons. The average molecular weight is 312 g/mol. The smallest absolute Gasteiger partial charge is 0.470 e. The number of alkyl halides is 3. The van der Waals surface area contributed by atoms with Crippen LogP contribution in [0.25, 0.3) is 0 Å². The number of nitrogens with two attached hydrogens (primary N) is 3. The van der Waals surface area contributed by atoms with Crippen LogP contribution in [-0.4, -0.2) is 61.9 Å². The van der Waals surface area contributed by atoms with Gasteiger partial charge in [-0.2, -0.15) is 13.2 Å². The molecule has 0 rings (SSSR count). The van der Waals surface area contributed by atoms with Gasteiger partial charge in [-0.15, -0.1) is 0 Å². The monoisotopic (exact) mass is 311 g/mol. The van der Waals surface area contributed by atoms with Gasteiger partial charge in [0.25, 0.3) is 0 Å². The molecular formula is C8H21ClF3N5O2. The first-order valence-electron chi connectivity index (χ1n) is 4.61. The number of primary amides is 1. The summed E-state index contributed by atoms with van der Waals surface area (Å²) in [6, 6.07) is 0. The van der Waals surface area contributed by atoms with E-state index in [2.05, 4.69) is 38.3 Å². The van der Waals surface area contributed by atoms with E-state index in [1.165, 1.54) is 0 Å². The van der Waals surface area contributed by atoms with E-state index in [-0.39, 0.29) is 25.0 Å². The molecule has 19 heavy (non-hydrogen) atoms. The summed E-state index contributed by atoms with van der Waals surface area (Å²) >= 11 is 0. The lowest BCUT2D eigenvalue weighted by molar-refractivity contribution is -0.870. The average Bonchev–Trinajstić information content (AvgIpc) is 1.98. The minimum Gasteiger partial charge on any atom is -1.00 e. The van der Waals surface area contributed by atoms with E-state index in [1.54, 1.807) is 0 Å². The largest absolute Gasteiger partial charge is 1.00 e. The first kappa shape index (κ1) is 26.3. The Kier molecular flexibility index (Phi) is 16.4. The van der Waals surface area contributed by atoms with Gasteiger partial charge in [0.2, 0.25) is 0 Å². The molecule has 0 bridgehead atoms. The van der Waals surface area contributed by atoms with E-state index in [1.807, 2.05) is 0 Å². The molecule has 0 aromatic carbocycles. The molecule has 0 fully saturated rings. The number of guanidine groups is 1. The summed E-state index contributed by atoms with van der Waals surface area (Å²) in [6.45, 7) is 1.11. The number of hydrogen-bond acceptors (Lipinski definition) is 3. The second-order valence-corrected chi connectivity index (χ2v) is 4.05. The molecule has 0 unspecified atom stereocenters. The number of rotatable bonds is 2. The first-order chi connectivity index (χ1) is 7.74. The van der Waals surface area contributed by atoms with E-state index in [4.69, 9.17) is 15.3 Å². The maximum atomic E-state index is 10.7. The van der Waals surface area contributed by atoms with Crippen LogP contribution in [0.15, 0.2) is 0 Å².